The summed E-state index contributed by atoms with van der Waals surface area (Å²) in [4.78, 5) is 47.0. The summed E-state index contributed by atoms with van der Waals surface area (Å²) < 4.78 is 26.6. The quantitative estimate of drug-likeness (QED) is 0.108. The van der Waals surface area contributed by atoms with E-state index in [0.29, 0.717) is 60.9 Å². The molecule has 1 fully saturated rings. The molecule has 12 nitrogen and oxygen atoms in total. The first-order valence-electron chi connectivity index (χ1n) is 16.5. The number of nitrogens with one attached hydrogen (secondary N) is 2. The van der Waals surface area contributed by atoms with E-state index in [1.54, 1.807) is 67.6 Å². The van der Waals surface area contributed by atoms with Crippen LogP contribution in [0.4, 0.5) is 5.69 Å². The highest BCUT2D eigenvalue weighted by Crippen LogP contribution is 2.16. The normalized spacial score (nSPS) is 14.2. The second-order valence-electron chi connectivity index (χ2n) is 12.0. The molecule has 0 saturated carbocycles. The molecule has 2 aromatic carbocycles. The highest BCUT2D eigenvalue weighted by Gasteiger charge is 2.21. The molecule has 2 aromatic heterocycles. The standard InChI is InChI=1S/C38H41N5O7S/c1-28-14-21-50-36(28)38(47)40-33-5-3-4-30(25-33)6-7-31-24-32(27-39-26-31)37(46)41-51(2,48)34-11-8-29(9-12-34)10-13-35(45)43-17-15-42(16-18-43)19-22-49-23-20-44/h3-5,8-9,11-12,14,21,24-27,44H,2,10,13,15-20,22-23H2,1H3,(H,40,47)(H,41,46,48). The molecule has 0 spiro atoms. The zero-order chi connectivity index (χ0) is 36.2. The highest BCUT2D eigenvalue weighted by molar-refractivity contribution is 7.99. The molecule has 3 N–H and O–H groups in total. The van der Waals surface area contributed by atoms with Crippen LogP contribution in [0.15, 0.2) is 88.6 Å². The van der Waals surface area contributed by atoms with Crippen molar-refractivity contribution in [2.75, 3.05) is 57.9 Å². The van der Waals surface area contributed by atoms with Gasteiger partial charge in [-0.25, -0.2) is 4.21 Å². The first-order chi connectivity index (χ1) is 24.6. The fourth-order valence-corrected chi connectivity index (χ4v) is 6.49. The average molecular weight is 712 g/mol. The van der Waals surface area contributed by atoms with Crippen LogP contribution in [0.5, 0.6) is 0 Å². The van der Waals surface area contributed by atoms with Crippen LogP contribution in [0.2, 0.25) is 0 Å². The summed E-state index contributed by atoms with van der Waals surface area (Å²) in [6, 6.07) is 17.2. The molecule has 4 aromatic rings. The van der Waals surface area contributed by atoms with Gasteiger partial charge in [0.1, 0.15) is 0 Å². The third kappa shape index (κ3) is 10.6. The van der Waals surface area contributed by atoms with Crippen molar-refractivity contribution in [3.05, 3.63) is 113 Å². The lowest BCUT2D eigenvalue weighted by molar-refractivity contribution is -0.133. The van der Waals surface area contributed by atoms with Crippen molar-refractivity contribution in [1.82, 2.24) is 19.5 Å². The van der Waals surface area contributed by atoms with E-state index < -0.39 is 15.6 Å². The largest absolute Gasteiger partial charge is 0.459 e. The molecular formula is C38H41N5O7S. The van der Waals surface area contributed by atoms with Crippen molar-refractivity contribution in [3.8, 4) is 11.8 Å². The number of amides is 3. The maximum atomic E-state index is 13.5. The summed E-state index contributed by atoms with van der Waals surface area (Å²) in [5, 5.41) is 11.6. The number of hydrogen-bond acceptors (Lipinski definition) is 9. The van der Waals surface area contributed by atoms with Crippen LogP contribution in [-0.2, 0) is 25.7 Å². The van der Waals surface area contributed by atoms with Crippen LogP contribution in [0.1, 0.15) is 49.6 Å². The van der Waals surface area contributed by atoms with Crippen LogP contribution in [0.3, 0.4) is 0 Å². The van der Waals surface area contributed by atoms with E-state index >= 15 is 0 Å². The lowest BCUT2D eigenvalue weighted by Gasteiger charge is -2.34. The van der Waals surface area contributed by atoms with Gasteiger partial charge >= 0.3 is 0 Å². The number of nitrogens with zero attached hydrogens (tertiary/aromatic N) is 3. The molecule has 0 bridgehead atoms. The molecule has 1 saturated heterocycles. The monoisotopic (exact) mass is 711 g/mol. The molecule has 3 heterocycles. The van der Waals surface area contributed by atoms with Gasteiger partial charge in [0.05, 0.1) is 41.4 Å². The van der Waals surface area contributed by atoms with E-state index in [0.717, 1.165) is 30.8 Å². The predicted molar refractivity (Wildman–Crippen MR) is 195 cm³/mol. The highest BCUT2D eigenvalue weighted by atomic mass is 32.2. The fourth-order valence-electron chi connectivity index (χ4n) is 5.38. The Kier molecular flexibility index (Phi) is 12.8. The Labute approximate surface area is 298 Å². The Morgan fingerprint density at radius 3 is 2.47 bits per heavy atom. The topological polar surface area (TPSA) is 154 Å². The Morgan fingerprint density at radius 2 is 1.75 bits per heavy atom. The van der Waals surface area contributed by atoms with Gasteiger partial charge in [-0.05, 0) is 67.2 Å². The van der Waals surface area contributed by atoms with Crippen LogP contribution in [-0.4, -0.2) is 100 Å². The van der Waals surface area contributed by atoms with E-state index in [1.165, 1.54) is 18.7 Å². The summed E-state index contributed by atoms with van der Waals surface area (Å²) in [6.07, 6.45) is 5.21. The maximum Gasteiger partial charge on any atom is 0.291 e. The van der Waals surface area contributed by atoms with Gasteiger partial charge in [-0.3, -0.25) is 29.0 Å². The molecule has 1 unspecified atom stereocenters. The summed E-state index contributed by atoms with van der Waals surface area (Å²) >= 11 is 0. The van der Waals surface area contributed by atoms with Crippen molar-refractivity contribution in [1.29, 1.82) is 0 Å². The SMILES string of the molecule is C=S(=O)(NC(=O)c1cncc(C#Cc2cccc(NC(=O)c3occc3C)c2)c1)c1ccc(CCC(=O)N2CCN(CCOCCO)CC2)cc1. The van der Waals surface area contributed by atoms with Crippen LogP contribution < -0.4 is 10.0 Å². The lowest BCUT2D eigenvalue weighted by Crippen LogP contribution is -2.49. The number of aromatic nitrogens is 1. The molecule has 1 atom stereocenters. The first kappa shape index (κ1) is 37.0. The molecule has 266 valence electrons. The Bertz CT molecular complexity index is 2010. The number of anilines is 1. The van der Waals surface area contributed by atoms with E-state index in [1.807, 2.05) is 4.90 Å². The summed E-state index contributed by atoms with van der Waals surface area (Å²) in [7, 11) is -3.20. The lowest BCUT2D eigenvalue weighted by atomic mass is 10.1. The van der Waals surface area contributed by atoms with Crippen LogP contribution in [0, 0.1) is 18.8 Å². The Morgan fingerprint density at radius 1 is 0.980 bits per heavy atom. The van der Waals surface area contributed by atoms with Gasteiger partial charge < -0.3 is 24.5 Å². The second kappa shape index (κ2) is 17.6. The number of piperazine rings is 1. The second-order valence-corrected chi connectivity index (χ2v) is 14.0. The first-order valence-corrected chi connectivity index (χ1v) is 18.2. The molecule has 5 rings (SSSR count). The van der Waals surface area contributed by atoms with Gasteiger partial charge in [-0.2, -0.15) is 0 Å². The molecule has 0 aliphatic carbocycles. The van der Waals surface area contributed by atoms with Gasteiger partial charge in [-0.15, -0.1) is 0 Å². The molecule has 13 heteroatoms. The number of hydrogen-bond donors (Lipinski definition) is 3. The Balaban J connectivity index is 1.11. The van der Waals surface area contributed by atoms with Gasteiger partial charge in [0.15, 0.2) is 5.76 Å². The number of ether oxygens (including phenoxy) is 1. The van der Waals surface area contributed by atoms with E-state index in [4.69, 9.17) is 14.3 Å². The van der Waals surface area contributed by atoms with Gasteiger partial charge in [0.25, 0.3) is 11.8 Å². The van der Waals surface area contributed by atoms with Crippen molar-refractivity contribution in [3.63, 3.8) is 0 Å². The number of rotatable bonds is 13. The van der Waals surface area contributed by atoms with Crippen molar-refractivity contribution in [2.45, 2.75) is 24.7 Å². The third-order valence-corrected chi connectivity index (χ3v) is 9.79. The minimum atomic E-state index is -3.20. The van der Waals surface area contributed by atoms with Crippen LogP contribution >= 0.6 is 0 Å². The molecule has 0 radical (unpaired) electrons. The zero-order valence-electron chi connectivity index (χ0n) is 28.4. The average Bonchev–Trinajstić information content (AvgIpc) is 3.58. The number of furan rings is 1. The van der Waals surface area contributed by atoms with Gasteiger partial charge in [0.2, 0.25) is 5.91 Å². The van der Waals surface area contributed by atoms with Gasteiger partial charge in [0, 0.05) is 78.8 Å². The molecule has 3 amide bonds. The van der Waals surface area contributed by atoms with E-state index in [2.05, 4.69) is 37.6 Å². The minimum absolute atomic E-state index is 0.0120. The smallest absolute Gasteiger partial charge is 0.291 e. The zero-order valence-corrected chi connectivity index (χ0v) is 29.2. The number of pyridine rings is 1. The predicted octanol–water partition coefficient (Wildman–Crippen LogP) is 3.14. The molecule has 51 heavy (non-hydrogen) atoms. The third-order valence-electron chi connectivity index (χ3n) is 8.24. The number of carbonyl (C=O) groups excluding carboxylic acids is 3. The molecule has 1 aliphatic rings. The minimum Gasteiger partial charge on any atom is -0.459 e. The van der Waals surface area contributed by atoms with Gasteiger partial charge in [-0.1, -0.05) is 30.0 Å². The number of aliphatic hydroxyl groups is 1. The fraction of sp³-hybridized carbons (Fsp3) is 0.289. The number of carbonyl (C=O) groups is 3. The van der Waals surface area contributed by atoms with Crippen LogP contribution in [0.25, 0.3) is 0 Å². The summed E-state index contributed by atoms with van der Waals surface area (Å²) in [6.45, 7) is 6.35. The molecule has 1 aliphatic heterocycles. The summed E-state index contributed by atoms with van der Waals surface area (Å²) in [5.41, 5.74) is 3.44. The number of benzene rings is 2. The Hall–Kier alpha value is -5.26. The van der Waals surface area contributed by atoms with Crippen molar-refractivity contribution >= 4 is 39.0 Å². The number of aryl methyl sites for hydroxylation is 2. The van der Waals surface area contributed by atoms with Crippen molar-refractivity contribution in [2.24, 2.45) is 0 Å². The van der Waals surface area contributed by atoms with E-state index in [9.17, 15) is 18.6 Å². The number of aliphatic hydroxyl groups excluding tert-OH is 1. The summed E-state index contributed by atoms with van der Waals surface area (Å²) in [5.74, 6) is 9.11. The van der Waals surface area contributed by atoms with Crippen molar-refractivity contribution < 1.29 is 32.9 Å². The van der Waals surface area contributed by atoms with E-state index in [-0.39, 0.29) is 29.7 Å². The molecular weight excluding hydrogens is 671 g/mol. The maximum absolute atomic E-state index is 13.5.